The number of aromatic nitrogens is 2. The molecule has 0 fully saturated rings. The first-order valence-corrected chi connectivity index (χ1v) is 7.38. The molecule has 6 heteroatoms. The van der Waals surface area contributed by atoms with Crippen molar-refractivity contribution in [2.45, 2.75) is 33.1 Å². The highest BCUT2D eigenvalue weighted by molar-refractivity contribution is 9.10. The maximum Gasteiger partial charge on any atom is 0.238 e. The van der Waals surface area contributed by atoms with Crippen LogP contribution in [0.2, 0.25) is 0 Å². The Morgan fingerprint density at radius 3 is 2.52 bits per heavy atom. The van der Waals surface area contributed by atoms with Gasteiger partial charge in [0.25, 0.3) is 0 Å². The van der Waals surface area contributed by atoms with Gasteiger partial charge in [0.15, 0.2) is 5.82 Å². The van der Waals surface area contributed by atoms with Gasteiger partial charge in [0.2, 0.25) is 5.88 Å². The molecule has 0 atom stereocenters. The third kappa shape index (κ3) is 3.51. The molecule has 0 aliphatic rings. The van der Waals surface area contributed by atoms with Crippen LogP contribution in [-0.4, -0.2) is 9.97 Å². The maximum atomic E-state index is 5.86. The van der Waals surface area contributed by atoms with E-state index in [1.807, 2.05) is 13.0 Å². The van der Waals surface area contributed by atoms with Gasteiger partial charge in [0.05, 0.1) is 0 Å². The lowest BCUT2D eigenvalue weighted by Crippen LogP contribution is -2.11. The molecule has 2 rings (SSSR count). The topological polar surface area (TPSA) is 73.1 Å². The van der Waals surface area contributed by atoms with E-state index >= 15 is 0 Å². The number of benzene rings is 1. The fourth-order valence-electron chi connectivity index (χ4n) is 1.86. The van der Waals surface area contributed by atoms with Crippen LogP contribution in [0.25, 0.3) is 0 Å². The van der Waals surface area contributed by atoms with E-state index in [4.69, 9.17) is 10.6 Å². The Hall–Kier alpha value is -1.66. The Bertz CT molecular complexity index is 653. The molecule has 2 aromatic rings. The molecule has 21 heavy (non-hydrogen) atoms. The summed E-state index contributed by atoms with van der Waals surface area (Å²) in [6, 6.07) is 6.16. The van der Waals surface area contributed by atoms with Crippen molar-refractivity contribution in [3.8, 4) is 11.6 Å². The molecule has 0 saturated carbocycles. The van der Waals surface area contributed by atoms with E-state index in [1.165, 1.54) is 11.9 Å². The normalized spacial score (nSPS) is 11.3. The first-order chi connectivity index (χ1) is 9.82. The molecule has 0 unspecified atom stereocenters. The molecule has 0 saturated heterocycles. The van der Waals surface area contributed by atoms with Crippen molar-refractivity contribution in [1.82, 2.24) is 9.97 Å². The molecule has 0 aliphatic carbocycles. The molecule has 1 aromatic carbocycles. The van der Waals surface area contributed by atoms with Crippen LogP contribution in [0.3, 0.4) is 0 Å². The second kappa shape index (κ2) is 5.99. The quantitative estimate of drug-likeness (QED) is 0.648. The van der Waals surface area contributed by atoms with E-state index < -0.39 is 0 Å². The minimum atomic E-state index is 0.107. The van der Waals surface area contributed by atoms with Crippen LogP contribution in [0, 0.1) is 6.92 Å². The SMILES string of the molecule is Cc1cc(C(C)(C)C)ccc1Oc1ncnc(NN)c1Br. The van der Waals surface area contributed by atoms with Crippen molar-refractivity contribution in [2.75, 3.05) is 5.43 Å². The van der Waals surface area contributed by atoms with Gasteiger partial charge in [-0.05, 0) is 45.5 Å². The average Bonchev–Trinajstić information content (AvgIpc) is 2.42. The van der Waals surface area contributed by atoms with E-state index in [0.29, 0.717) is 16.2 Å². The fraction of sp³-hybridized carbons (Fsp3) is 0.333. The average molecular weight is 351 g/mol. The molecule has 0 amide bonds. The Kier molecular flexibility index (Phi) is 4.49. The lowest BCUT2D eigenvalue weighted by molar-refractivity contribution is 0.454. The third-order valence-corrected chi connectivity index (χ3v) is 3.86. The van der Waals surface area contributed by atoms with E-state index in [9.17, 15) is 0 Å². The highest BCUT2D eigenvalue weighted by Gasteiger charge is 2.16. The first kappa shape index (κ1) is 15.7. The smallest absolute Gasteiger partial charge is 0.238 e. The van der Waals surface area contributed by atoms with Gasteiger partial charge >= 0.3 is 0 Å². The van der Waals surface area contributed by atoms with Gasteiger partial charge in [-0.2, -0.15) is 0 Å². The van der Waals surface area contributed by atoms with E-state index in [1.54, 1.807) is 0 Å². The standard InChI is InChI=1S/C15H19BrN4O/c1-9-7-10(15(2,3)4)5-6-11(9)21-14-12(16)13(20-17)18-8-19-14/h5-8H,17H2,1-4H3,(H,18,19,20). The number of nitrogens with zero attached hydrogens (tertiary/aromatic N) is 2. The molecule has 0 spiro atoms. The number of nitrogens with two attached hydrogens (primary N) is 1. The second-order valence-electron chi connectivity index (χ2n) is 5.82. The number of nitrogens with one attached hydrogen (secondary N) is 1. The predicted octanol–water partition coefficient (Wildman–Crippen LogP) is 3.92. The zero-order valence-corrected chi connectivity index (χ0v) is 14.2. The van der Waals surface area contributed by atoms with Crippen molar-refractivity contribution in [3.63, 3.8) is 0 Å². The molecule has 0 bridgehead atoms. The van der Waals surface area contributed by atoms with Gasteiger partial charge in [-0.3, -0.25) is 0 Å². The van der Waals surface area contributed by atoms with Crippen LogP contribution in [0.1, 0.15) is 31.9 Å². The summed E-state index contributed by atoms with van der Waals surface area (Å²) in [5.74, 6) is 7.04. The summed E-state index contributed by atoms with van der Waals surface area (Å²) in [6.45, 7) is 8.56. The van der Waals surface area contributed by atoms with Crippen LogP contribution >= 0.6 is 15.9 Å². The number of hydrazine groups is 1. The number of hydrogen-bond acceptors (Lipinski definition) is 5. The summed E-state index contributed by atoms with van der Waals surface area (Å²) in [5.41, 5.74) is 4.91. The van der Waals surface area contributed by atoms with Crippen molar-refractivity contribution >= 4 is 21.7 Å². The molecule has 0 aliphatic heterocycles. The van der Waals surface area contributed by atoms with Crippen LogP contribution in [0.15, 0.2) is 29.0 Å². The zero-order chi connectivity index (χ0) is 15.6. The van der Waals surface area contributed by atoms with Gasteiger partial charge in [-0.1, -0.05) is 32.9 Å². The summed E-state index contributed by atoms with van der Waals surface area (Å²) in [7, 11) is 0. The van der Waals surface area contributed by atoms with Crippen LogP contribution < -0.4 is 16.0 Å². The van der Waals surface area contributed by atoms with E-state index in [-0.39, 0.29) is 5.41 Å². The Morgan fingerprint density at radius 1 is 1.24 bits per heavy atom. The number of anilines is 1. The summed E-state index contributed by atoms with van der Waals surface area (Å²) in [6.07, 6.45) is 1.40. The molecule has 0 radical (unpaired) electrons. The molecule has 1 aromatic heterocycles. The van der Waals surface area contributed by atoms with Gasteiger partial charge in [-0.25, -0.2) is 15.8 Å². The molecule has 3 N–H and O–H groups in total. The van der Waals surface area contributed by atoms with Gasteiger partial charge in [0.1, 0.15) is 16.5 Å². The molecule has 5 nitrogen and oxygen atoms in total. The van der Waals surface area contributed by atoms with Crippen molar-refractivity contribution < 1.29 is 4.74 Å². The van der Waals surface area contributed by atoms with Crippen molar-refractivity contribution in [2.24, 2.45) is 5.84 Å². The number of rotatable bonds is 3. The minimum absolute atomic E-state index is 0.107. The van der Waals surface area contributed by atoms with Crippen LogP contribution in [0.4, 0.5) is 5.82 Å². The molecule has 1 heterocycles. The van der Waals surface area contributed by atoms with Gasteiger partial charge < -0.3 is 10.2 Å². The predicted molar refractivity (Wildman–Crippen MR) is 87.5 cm³/mol. The second-order valence-corrected chi connectivity index (χ2v) is 6.61. The largest absolute Gasteiger partial charge is 0.437 e. The van der Waals surface area contributed by atoms with Crippen molar-refractivity contribution in [3.05, 3.63) is 40.1 Å². The van der Waals surface area contributed by atoms with E-state index in [0.717, 1.165) is 11.3 Å². The third-order valence-electron chi connectivity index (χ3n) is 3.14. The minimum Gasteiger partial charge on any atom is -0.437 e. The Labute approximate surface area is 133 Å². The maximum absolute atomic E-state index is 5.86. The lowest BCUT2D eigenvalue weighted by Gasteiger charge is -2.20. The summed E-state index contributed by atoms with van der Waals surface area (Å²) in [5, 5.41) is 0. The van der Waals surface area contributed by atoms with Gasteiger partial charge in [0, 0.05) is 0 Å². The Morgan fingerprint density at radius 2 is 1.95 bits per heavy atom. The zero-order valence-electron chi connectivity index (χ0n) is 12.6. The van der Waals surface area contributed by atoms with Crippen molar-refractivity contribution in [1.29, 1.82) is 0 Å². The number of ether oxygens (including phenoxy) is 1. The number of aryl methyl sites for hydroxylation is 1. The Balaban J connectivity index is 2.33. The number of halogens is 1. The monoisotopic (exact) mass is 350 g/mol. The number of nitrogen functional groups attached to an aromatic ring is 1. The highest BCUT2D eigenvalue weighted by Crippen LogP contribution is 2.34. The van der Waals surface area contributed by atoms with E-state index in [2.05, 4.69) is 64.2 Å². The summed E-state index contributed by atoms with van der Waals surface area (Å²) >= 11 is 3.38. The molecular formula is C15H19BrN4O. The highest BCUT2D eigenvalue weighted by atomic mass is 79.9. The van der Waals surface area contributed by atoms with Gasteiger partial charge in [-0.15, -0.1) is 0 Å². The van der Waals surface area contributed by atoms with Crippen LogP contribution in [0.5, 0.6) is 11.6 Å². The number of hydrogen-bond donors (Lipinski definition) is 2. The summed E-state index contributed by atoms with van der Waals surface area (Å²) in [4.78, 5) is 8.11. The lowest BCUT2D eigenvalue weighted by atomic mass is 9.86. The first-order valence-electron chi connectivity index (χ1n) is 6.59. The molecular weight excluding hydrogens is 332 g/mol. The summed E-state index contributed by atoms with van der Waals surface area (Å²) < 4.78 is 6.45. The van der Waals surface area contributed by atoms with Crippen LogP contribution in [-0.2, 0) is 5.41 Å². The fourth-order valence-corrected chi connectivity index (χ4v) is 2.26. The molecule has 112 valence electrons.